The van der Waals surface area contributed by atoms with Crippen LogP contribution in [0.3, 0.4) is 0 Å². The zero-order valence-electron chi connectivity index (χ0n) is 11.9. The molecular weight excluding hydrogens is 282 g/mol. The standard InChI is InChI=1S/C12H19N3O4S/c1-12(2,13)11(16)14-8-5-6-9(10(7-8)19-3)15-20(4,17)18/h5-7,15H,13H2,1-4H3,(H,14,16). The fraction of sp³-hybridized carbons (Fsp3) is 0.417. The molecule has 0 fully saturated rings. The molecule has 1 amide bonds. The lowest BCUT2D eigenvalue weighted by Crippen LogP contribution is -2.45. The average molecular weight is 301 g/mol. The van der Waals surface area contributed by atoms with E-state index in [1.807, 2.05) is 0 Å². The summed E-state index contributed by atoms with van der Waals surface area (Å²) in [6.45, 7) is 3.16. The van der Waals surface area contributed by atoms with Gasteiger partial charge in [0.05, 0.1) is 24.6 Å². The molecule has 0 saturated heterocycles. The van der Waals surface area contributed by atoms with Crippen LogP contribution in [0, 0.1) is 0 Å². The summed E-state index contributed by atoms with van der Waals surface area (Å²) >= 11 is 0. The van der Waals surface area contributed by atoms with Crippen LogP contribution in [0.25, 0.3) is 0 Å². The molecular formula is C12H19N3O4S. The number of anilines is 2. The Morgan fingerprint density at radius 2 is 1.95 bits per heavy atom. The lowest BCUT2D eigenvalue weighted by atomic mass is 10.1. The van der Waals surface area contributed by atoms with Gasteiger partial charge in [0.1, 0.15) is 5.75 Å². The van der Waals surface area contributed by atoms with Crippen LogP contribution in [0.15, 0.2) is 18.2 Å². The van der Waals surface area contributed by atoms with Gasteiger partial charge in [-0.25, -0.2) is 8.42 Å². The Kier molecular flexibility index (Phi) is 4.61. The summed E-state index contributed by atoms with van der Waals surface area (Å²) in [5.74, 6) is -0.0635. The van der Waals surface area contributed by atoms with Crippen molar-refractivity contribution in [3.8, 4) is 5.75 Å². The van der Waals surface area contributed by atoms with Crippen molar-refractivity contribution in [2.75, 3.05) is 23.4 Å². The van der Waals surface area contributed by atoms with Crippen molar-refractivity contribution in [1.82, 2.24) is 0 Å². The number of nitrogens with one attached hydrogen (secondary N) is 2. The number of benzene rings is 1. The molecule has 1 rings (SSSR count). The Morgan fingerprint density at radius 3 is 2.40 bits per heavy atom. The highest BCUT2D eigenvalue weighted by molar-refractivity contribution is 7.92. The molecule has 0 aliphatic heterocycles. The van der Waals surface area contributed by atoms with Gasteiger partial charge in [0.2, 0.25) is 15.9 Å². The molecule has 0 spiro atoms. The highest BCUT2D eigenvalue weighted by atomic mass is 32.2. The van der Waals surface area contributed by atoms with Crippen LogP contribution < -0.4 is 20.5 Å². The van der Waals surface area contributed by atoms with E-state index in [2.05, 4.69) is 10.0 Å². The maximum atomic E-state index is 11.8. The molecule has 0 aliphatic rings. The second-order valence-electron chi connectivity index (χ2n) is 4.97. The topological polar surface area (TPSA) is 111 Å². The van der Waals surface area contributed by atoms with Crippen LogP contribution in [0.1, 0.15) is 13.8 Å². The SMILES string of the molecule is COc1cc(NC(=O)C(C)(C)N)ccc1NS(C)(=O)=O. The number of ether oxygens (including phenoxy) is 1. The molecule has 0 heterocycles. The number of hydrogen-bond acceptors (Lipinski definition) is 5. The largest absolute Gasteiger partial charge is 0.494 e. The first kappa shape index (κ1) is 16.3. The highest BCUT2D eigenvalue weighted by Gasteiger charge is 2.22. The molecule has 0 saturated carbocycles. The van der Waals surface area contributed by atoms with Gasteiger partial charge < -0.3 is 15.8 Å². The summed E-state index contributed by atoms with van der Waals surface area (Å²) in [6.07, 6.45) is 1.04. The van der Waals surface area contributed by atoms with Crippen LogP contribution in [-0.2, 0) is 14.8 Å². The van der Waals surface area contributed by atoms with Gasteiger partial charge in [0, 0.05) is 11.8 Å². The number of carbonyl (C=O) groups is 1. The van der Waals surface area contributed by atoms with Gasteiger partial charge >= 0.3 is 0 Å². The van der Waals surface area contributed by atoms with Crippen molar-refractivity contribution in [2.24, 2.45) is 5.73 Å². The normalized spacial score (nSPS) is 11.8. The third kappa shape index (κ3) is 4.71. The van der Waals surface area contributed by atoms with Crippen molar-refractivity contribution in [1.29, 1.82) is 0 Å². The molecule has 8 heteroatoms. The van der Waals surface area contributed by atoms with Gasteiger partial charge in [0.25, 0.3) is 0 Å². The molecule has 112 valence electrons. The molecule has 1 aromatic rings. The third-order valence-electron chi connectivity index (χ3n) is 2.34. The molecule has 0 bridgehead atoms. The first-order valence-electron chi connectivity index (χ1n) is 5.79. The average Bonchev–Trinajstić information content (AvgIpc) is 2.27. The van der Waals surface area contributed by atoms with Crippen molar-refractivity contribution < 1.29 is 17.9 Å². The Hall–Kier alpha value is -1.80. The van der Waals surface area contributed by atoms with E-state index < -0.39 is 15.6 Å². The Balaban J connectivity index is 3.01. The number of amides is 1. The van der Waals surface area contributed by atoms with Gasteiger partial charge in [-0.05, 0) is 26.0 Å². The quantitative estimate of drug-likeness (QED) is 0.743. The third-order valence-corrected chi connectivity index (χ3v) is 2.93. The minimum absolute atomic E-state index is 0.292. The van der Waals surface area contributed by atoms with Crippen LogP contribution in [0.2, 0.25) is 0 Å². The van der Waals surface area contributed by atoms with Crippen molar-refractivity contribution in [3.63, 3.8) is 0 Å². The van der Waals surface area contributed by atoms with Crippen molar-refractivity contribution in [2.45, 2.75) is 19.4 Å². The molecule has 1 aromatic carbocycles. The number of hydrogen-bond donors (Lipinski definition) is 3. The van der Waals surface area contributed by atoms with Gasteiger partial charge in [-0.15, -0.1) is 0 Å². The molecule has 20 heavy (non-hydrogen) atoms. The van der Waals surface area contributed by atoms with E-state index in [0.717, 1.165) is 6.26 Å². The highest BCUT2D eigenvalue weighted by Crippen LogP contribution is 2.28. The first-order valence-corrected chi connectivity index (χ1v) is 7.68. The molecule has 0 radical (unpaired) electrons. The number of nitrogens with two attached hydrogens (primary N) is 1. The second-order valence-corrected chi connectivity index (χ2v) is 6.71. The predicted octanol–water partition coefficient (Wildman–Crippen LogP) is 0.742. The van der Waals surface area contributed by atoms with Gasteiger partial charge in [-0.1, -0.05) is 0 Å². The van der Waals surface area contributed by atoms with E-state index in [1.54, 1.807) is 19.9 Å². The molecule has 7 nitrogen and oxygen atoms in total. The summed E-state index contributed by atoms with van der Waals surface area (Å²) in [7, 11) is -2.00. The maximum absolute atomic E-state index is 11.8. The zero-order valence-corrected chi connectivity index (χ0v) is 12.7. The fourth-order valence-corrected chi connectivity index (χ4v) is 1.91. The Bertz CT molecular complexity index is 606. The van der Waals surface area contributed by atoms with E-state index in [0.29, 0.717) is 17.1 Å². The summed E-state index contributed by atoms with van der Waals surface area (Å²) < 4.78 is 29.8. The number of methoxy groups -OCH3 is 1. The predicted molar refractivity (Wildman–Crippen MR) is 78.4 cm³/mol. The fourth-order valence-electron chi connectivity index (χ4n) is 1.35. The van der Waals surface area contributed by atoms with E-state index in [-0.39, 0.29) is 5.91 Å². The van der Waals surface area contributed by atoms with Gasteiger partial charge in [-0.2, -0.15) is 0 Å². The monoisotopic (exact) mass is 301 g/mol. The van der Waals surface area contributed by atoms with E-state index in [9.17, 15) is 13.2 Å². The summed E-state index contributed by atoms with van der Waals surface area (Å²) in [5, 5.41) is 2.63. The number of carbonyl (C=O) groups excluding carboxylic acids is 1. The lowest BCUT2D eigenvalue weighted by molar-refractivity contribution is -0.120. The summed E-state index contributed by atoms with van der Waals surface area (Å²) in [6, 6.07) is 4.57. The summed E-state index contributed by atoms with van der Waals surface area (Å²) in [5.41, 5.74) is 5.41. The van der Waals surface area contributed by atoms with Gasteiger partial charge in [-0.3, -0.25) is 9.52 Å². The smallest absolute Gasteiger partial charge is 0.243 e. The van der Waals surface area contributed by atoms with Crippen LogP contribution >= 0.6 is 0 Å². The Labute approximate surface area is 118 Å². The van der Waals surface area contributed by atoms with Gasteiger partial charge in [0.15, 0.2) is 0 Å². The van der Waals surface area contributed by atoms with Crippen LogP contribution in [-0.4, -0.2) is 33.2 Å². The maximum Gasteiger partial charge on any atom is 0.243 e. The first-order chi connectivity index (χ1) is 9.03. The summed E-state index contributed by atoms with van der Waals surface area (Å²) in [4.78, 5) is 11.8. The zero-order chi connectivity index (χ0) is 15.6. The van der Waals surface area contributed by atoms with E-state index >= 15 is 0 Å². The second kappa shape index (κ2) is 5.68. The molecule has 0 atom stereocenters. The lowest BCUT2D eigenvalue weighted by Gasteiger charge is -2.18. The number of sulfonamides is 1. The van der Waals surface area contributed by atoms with E-state index in [1.165, 1.54) is 19.2 Å². The van der Waals surface area contributed by atoms with Crippen LogP contribution in [0.4, 0.5) is 11.4 Å². The Morgan fingerprint density at radius 1 is 1.35 bits per heavy atom. The number of rotatable bonds is 5. The molecule has 0 unspecified atom stereocenters. The van der Waals surface area contributed by atoms with Crippen LogP contribution in [0.5, 0.6) is 5.75 Å². The van der Waals surface area contributed by atoms with Crippen molar-refractivity contribution in [3.05, 3.63) is 18.2 Å². The van der Waals surface area contributed by atoms with Crippen molar-refractivity contribution >= 4 is 27.3 Å². The minimum atomic E-state index is -3.41. The molecule has 0 aliphatic carbocycles. The van der Waals surface area contributed by atoms with E-state index in [4.69, 9.17) is 10.5 Å². The molecule has 0 aromatic heterocycles. The molecule has 4 N–H and O–H groups in total. The minimum Gasteiger partial charge on any atom is -0.494 e.